The van der Waals surface area contributed by atoms with E-state index >= 15 is 0 Å². The Bertz CT molecular complexity index is 541. The molecule has 0 bridgehead atoms. The van der Waals surface area contributed by atoms with Crippen molar-refractivity contribution in [3.63, 3.8) is 0 Å². The summed E-state index contributed by atoms with van der Waals surface area (Å²) < 4.78 is 7.66. The molecule has 3 atom stereocenters. The van der Waals surface area contributed by atoms with Crippen molar-refractivity contribution in [1.82, 2.24) is 15.1 Å². The molecule has 122 valence electrons. The van der Waals surface area contributed by atoms with Gasteiger partial charge in [0.15, 0.2) is 0 Å². The number of hydrogen-bond donors (Lipinski definition) is 2. The number of carboxylic acids is 1. The van der Waals surface area contributed by atoms with Gasteiger partial charge in [-0.3, -0.25) is 14.3 Å². The molecule has 1 aromatic rings. The fourth-order valence-electron chi connectivity index (χ4n) is 2.70. The summed E-state index contributed by atoms with van der Waals surface area (Å²) in [5.41, 5.74) is 0.859. The van der Waals surface area contributed by atoms with E-state index in [1.807, 2.05) is 24.6 Å². The number of carboxylic acid groups (broad SMARTS) is 1. The molecule has 1 aliphatic rings. The van der Waals surface area contributed by atoms with Gasteiger partial charge in [0.25, 0.3) is 0 Å². The summed E-state index contributed by atoms with van der Waals surface area (Å²) in [6.07, 6.45) is 2.76. The van der Waals surface area contributed by atoms with Gasteiger partial charge in [0.1, 0.15) is 12.1 Å². The van der Waals surface area contributed by atoms with E-state index in [0.717, 1.165) is 12.1 Å². The first-order valence-corrected chi connectivity index (χ1v) is 7.60. The number of nitrogens with zero attached hydrogens (tertiary/aromatic N) is 2. The first-order chi connectivity index (χ1) is 10.4. The Balaban J connectivity index is 2.19. The fourth-order valence-corrected chi connectivity index (χ4v) is 2.70. The minimum Gasteiger partial charge on any atom is -0.480 e. The molecule has 1 aliphatic heterocycles. The highest BCUT2D eigenvalue weighted by molar-refractivity contribution is 5.85. The van der Waals surface area contributed by atoms with E-state index < -0.39 is 17.9 Å². The van der Waals surface area contributed by atoms with Crippen LogP contribution in [0, 0.1) is 5.92 Å². The van der Waals surface area contributed by atoms with Crippen LogP contribution in [0.2, 0.25) is 0 Å². The van der Waals surface area contributed by atoms with E-state index in [1.54, 1.807) is 6.20 Å². The number of carbonyl (C=O) groups is 2. The average molecular weight is 309 g/mol. The first-order valence-electron chi connectivity index (χ1n) is 7.60. The maximum absolute atomic E-state index is 12.4. The minimum atomic E-state index is -1.05. The van der Waals surface area contributed by atoms with Crippen molar-refractivity contribution in [2.75, 3.05) is 6.61 Å². The molecule has 2 heterocycles. The third-order valence-electron chi connectivity index (χ3n) is 3.87. The molecule has 1 fully saturated rings. The highest BCUT2D eigenvalue weighted by Crippen LogP contribution is 2.34. The molecule has 1 amide bonds. The van der Waals surface area contributed by atoms with Crippen LogP contribution < -0.4 is 5.32 Å². The molecule has 0 aliphatic carbocycles. The average Bonchev–Trinajstić information content (AvgIpc) is 2.96. The Labute approximate surface area is 129 Å². The van der Waals surface area contributed by atoms with Gasteiger partial charge >= 0.3 is 5.97 Å². The van der Waals surface area contributed by atoms with E-state index in [9.17, 15) is 9.59 Å². The maximum atomic E-state index is 12.4. The van der Waals surface area contributed by atoms with E-state index in [-0.39, 0.29) is 18.1 Å². The molecule has 0 radical (unpaired) electrons. The fraction of sp³-hybridized carbons (Fsp3) is 0.667. The van der Waals surface area contributed by atoms with Crippen LogP contribution >= 0.6 is 0 Å². The molecular weight excluding hydrogens is 286 g/mol. The lowest BCUT2D eigenvalue weighted by Crippen LogP contribution is -2.45. The Hall–Kier alpha value is -1.89. The third kappa shape index (κ3) is 3.47. The van der Waals surface area contributed by atoms with Crippen LogP contribution in [-0.4, -0.2) is 39.4 Å². The van der Waals surface area contributed by atoms with E-state index in [0.29, 0.717) is 13.0 Å². The van der Waals surface area contributed by atoms with Crippen molar-refractivity contribution in [3.8, 4) is 0 Å². The third-order valence-corrected chi connectivity index (χ3v) is 3.87. The number of amides is 1. The van der Waals surface area contributed by atoms with Crippen molar-refractivity contribution < 1.29 is 19.4 Å². The Morgan fingerprint density at radius 2 is 2.18 bits per heavy atom. The molecule has 2 N–H and O–H groups in total. The molecule has 0 aromatic carbocycles. The van der Waals surface area contributed by atoms with Gasteiger partial charge in [-0.25, -0.2) is 0 Å². The van der Waals surface area contributed by atoms with Crippen molar-refractivity contribution in [1.29, 1.82) is 0 Å². The van der Waals surface area contributed by atoms with E-state index in [2.05, 4.69) is 10.4 Å². The molecule has 7 heteroatoms. The Morgan fingerprint density at radius 1 is 1.45 bits per heavy atom. The molecule has 0 unspecified atom stereocenters. The number of aromatic nitrogens is 2. The monoisotopic (exact) mass is 309 g/mol. The minimum absolute atomic E-state index is 0.164. The predicted molar refractivity (Wildman–Crippen MR) is 79.3 cm³/mol. The van der Waals surface area contributed by atoms with Gasteiger partial charge in [0.05, 0.1) is 11.6 Å². The molecule has 0 saturated carbocycles. The lowest BCUT2D eigenvalue weighted by atomic mass is 9.91. The zero-order valence-electron chi connectivity index (χ0n) is 13.2. The number of aliphatic carboxylic acids is 1. The number of rotatable bonds is 5. The highest BCUT2D eigenvalue weighted by atomic mass is 16.5. The van der Waals surface area contributed by atoms with Gasteiger partial charge in [0.2, 0.25) is 5.91 Å². The lowest BCUT2D eigenvalue weighted by Gasteiger charge is -2.32. The van der Waals surface area contributed by atoms with Gasteiger partial charge in [-0.1, -0.05) is 0 Å². The number of ether oxygens (including phenoxy) is 1. The van der Waals surface area contributed by atoms with Crippen LogP contribution in [0.1, 0.15) is 51.5 Å². The van der Waals surface area contributed by atoms with Crippen molar-refractivity contribution >= 4 is 11.9 Å². The molecule has 1 aromatic heterocycles. The topological polar surface area (TPSA) is 93.5 Å². The Morgan fingerprint density at radius 3 is 2.82 bits per heavy atom. The van der Waals surface area contributed by atoms with Gasteiger partial charge in [-0.15, -0.1) is 0 Å². The van der Waals surface area contributed by atoms with Gasteiger partial charge < -0.3 is 15.2 Å². The van der Waals surface area contributed by atoms with Crippen molar-refractivity contribution in [2.24, 2.45) is 5.92 Å². The van der Waals surface area contributed by atoms with Crippen LogP contribution in [-0.2, 0) is 14.3 Å². The van der Waals surface area contributed by atoms with E-state index in [4.69, 9.17) is 9.84 Å². The molecule has 7 nitrogen and oxygen atoms in total. The van der Waals surface area contributed by atoms with Crippen LogP contribution in [0.5, 0.6) is 0 Å². The summed E-state index contributed by atoms with van der Waals surface area (Å²) in [6, 6.07) is 1.11. The summed E-state index contributed by atoms with van der Waals surface area (Å²) in [5.74, 6) is -1.73. The second-order valence-electron chi connectivity index (χ2n) is 5.90. The zero-order chi connectivity index (χ0) is 16.3. The lowest BCUT2D eigenvalue weighted by molar-refractivity contribution is -0.144. The summed E-state index contributed by atoms with van der Waals surface area (Å²) >= 11 is 0. The van der Waals surface area contributed by atoms with Crippen LogP contribution in [0.25, 0.3) is 0 Å². The van der Waals surface area contributed by atoms with Crippen LogP contribution in [0.15, 0.2) is 12.3 Å². The summed E-state index contributed by atoms with van der Waals surface area (Å²) in [4.78, 5) is 23.3. The summed E-state index contributed by atoms with van der Waals surface area (Å²) in [6.45, 7) is 6.07. The highest BCUT2D eigenvalue weighted by Gasteiger charge is 2.36. The van der Waals surface area contributed by atoms with Gasteiger partial charge in [-0.2, -0.15) is 5.10 Å². The number of carbonyl (C=O) groups excluding carboxylic acids is 1. The largest absolute Gasteiger partial charge is 0.480 e. The predicted octanol–water partition coefficient (Wildman–Crippen LogP) is 1.52. The van der Waals surface area contributed by atoms with E-state index in [1.165, 1.54) is 6.92 Å². The van der Waals surface area contributed by atoms with Crippen molar-refractivity contribution in [3.05, 3.63) is 18.0 Å². The van der Waals surface area contributed by atoms with Gasteiger partial charge in [-0.05, 0) is 39.7 Å². The van der Waals surface area contributed by atoms with Crippen molar-refractivity contribution in [2.45, 2.75) is 51.8 Å². The smallest absolute Gasteiger partial charge is 0.325 e. The molecule has 22 heavy (non-hydrogen) atoms. The molecule has 0 spiro atoms. The summed E-state index contributed by atoms with van der Waals surface area (Å²) in [5, 5.41) is 15.8. The maximum Gasteiger partial charge on any atom is 0.325 e. The number of hydrogen-bond acceptors (Lipinski definition) is 4. The number of nitrogens with one attached hydrogen (secondary N) is 1. The van der Waals surface area contributed by atoms with Crippen LogP contribution in [0.3, 0.4) is 0 Å². The quantitative estimate of drug-likeness (QED) is 0.860. The Kier molecular flexibility index (Phi) is 5.18. The second kappa shape index (κ2) is 6.91. The van der Waals surface area contributed by atoms with Gasteiger partial charge in [0, 0.05) is 18.8 Å². The first kappa shape index (κ1) is 16.5. The standard InChI is InChI=1S/C15H23N3O4/c1-9(2)18-12(6-7-16-18)13-11(5-4-8-22-13)14(19)17-10(3)15(20)21/h6-7,9-11,13H,4-5,8H2,1-3H3,(H,17,19)(H,20,21)/t10-,11-,13-/m1/s1. The molecule has 2 rings (SSSR count). The normalized spacial score (nSPS) is 23.3. The summed E-state index contributed by atoms with van der Waals surface area (Å²) in [7, 11) is 0. The zero-order valence-corrected chi connectivity index (χ0v) is 13.2. The SMILES string of the molecule is CC(C)n1nccc1[C@@H]1OCCC[C@H]1C(=O)N[C@H](C)C(=O)O. The molecular formula is C15H23N3O4. The second-order valence-corrected chi connectivity index (χ2v) is 5.90. The molecule has 1 saturated heterocycles. The van der Waals surface area contributed by atoms with Crippen LogP contribution in [0.4, 0.5) is 0 Å².